The molecule has 2 N–H and O–H groups in total. The topological polar surface area (TPSA) is 54.0 Å². The largest absolute Gasteiger partial charge is 0.356 e. The van der Waals surface area contributed by atoms with Gasteiger partial charge in [-0.25, -0.2) is 4.98 Å². The number of carbonyl (C=O) groups is 1. The Labute approximate surface area is 167 Å². The van der Waals surface area contributed by atoms with E-state index >= 15 is 0 Å². The molecule has 0 saturated carbocycles. The minimum absolute atomic E-state index is 0. The summed E-state index contributed by atoms with van der Waals surface area (Å²) < 4.78 is 1.19. The number of hydrogen-bond donors (Lipinski definition) is 2. The van der Waals surface area contributed by atoms with Crippen LogP contribution in [0.2, 0.25) is 0 Å². The molecule has 2 aromatic rings. The maximum absolute atomic E-state index is 12.8. The summed E-state index contributed by atoms with van der Waals surface area (Å²) in [6.07, 6.45) is 3.33. The number of hydrogen-bond acceptors (Lipinski definition) is 4. The van der Waals surface area contributed by atoms with E-state index in [0.717, 1.165) is 49.3 Å². The molecule has 0 unspecified atom stereocenters. The number of nitrogens with one attached hydrogen (secondary N) is 2. The number of fused-ring (bicyclic) bond motifs is 1. The van der Waals surface area contributed by atoms with Crippen molar-refractivity contribution in [2.24, 2.45) is 5.41 Å². The maximum Gasteiger partial charge on any atom is 0.226 e. The third kappa shape index (κ3) is 6.10. The number of benzene rings is 1. The molecule has 1 amide bonds. The Morgan fingerprint density at radius 3 is 2.44 bits per heavy atom. The van der Waals surface area contributed by atoms with Gasteiger partial charge in [0.25, 0.3) is 0 Å². The molecule has 25 heavy (non-hydrogen) atoms. The van der Waals surface area contributed by atoms with E-state index in [-0.39, 0.29) is 36.1 Å². The zero-order chi connectivity index (χ0) is 16.7. The number of thiazole rings is 1. The van der Waals surface area contributed by atoms with Crippen LogP contribution in [0.4, 0.5) is 0 Å². The van der Waals surface area contributed by atoms with Crippen LogP contribution in [0.5, 0.6) is 0 Å². The molecule has 1 aromatic carbocycles. The lowest BCUT2D eigenvalue weighted by Gasteiger charge is -2.29. The van der Waals surface area contributed by atoms with Crippen LogP contribution in [0.3, 0.4) is 0 Å². The highest BCUT2D eigenvalue weighted by Crippen LogP contribution is 2.34. The van der Waals surface area contributed by atoms with Crippen molar-refractivity contribution < 1.29 is 4.79 Å². The van der Waals surface area contributed by atoms with E-state index in [4.69, 9.17) is 4.98 Å². The van der Waals surface area contributed by atoms with Gasteiger partial charge >= 0.3 is 0 Å². The first-order chi connectivity index (χ1) is 11.1. The van der Waals surface area contributed by atoms with E-state index < -0.39 is 0 Å². The highest BCUT2D eigenvalue weighted by molar-refractivity contribution is 7.18. The summed E-state index contributed by atoms with van der Waals surface area (Å²) in [5.41, 5.74) is 0.677. The maximum atomic E-state index is 12.8. The lowest BCUT2D eigenvalue weighted by molar-refractivity contribution is -0.131. The minimum Gasteiger partial charge on any atom is -0.356 e. The molecule has 0 saturated heterocycles. The highest BCUT2D eigenvalue weighted by atomic mass is 35.5. The molecule has 1 heterocycles. The smallest absolute Gasteiger partial charge is 0.226 e. The molecule has 4 nitrogen and oxygen atoms in total. The number of rotatable bonds is 9. The molecule has 0 spiro atoms. The van der Waals surface area contributed by atoms with Crippen LogP contribution in [0.1, 0.15) is 38.1 Å². The fourth-order valence-electron chi connectivity index (χ4n) is 2.84. The van der Waals surface area contributed by atoms with Crippen LogP contribution in [0, 0.1) is 5.41 Å². The second kappa shape index (κ2) is 11.7. The van der Waals surface area contributed by atoms with Crippen molar-refractivity contribution in [2.75, 3.05) is 20.1 Å². The molecule has 0 radical (unpaired) electrons. The van der Waals surface area contributed by atoms with Gasteiger partial charge < -0.3 is 10.6 Å². The van der Waals surface area contributed by atoms with Gasteiger partial charge in [0.1, 0.15) is 0 Å². The van der Waals surface area contributed by atoms with Gasteiger partial charge in [-0.05, 0) is 45.0 Å². The Kier molecular flexibility index (Phi) is 11.3. The predicted octanol–water partition coefficient (Wildman–Crippen LogP) is 4.21. The Morgan fingerprint density at radius 1 is 1.16 bits per heavy atom. The SMILES string of the molecule is CCC(CC)(Cc1nc2ccccc2s1)C(=O)NCCCNC.Cl.Cl. The van der Waals surface area contributed by atoms with Crippen LogP contribution < -0.4 is 10.6 Å². The molecule has 1 aromatic heterocycles. The van der Waals surface area contributed by atoms with Crippen LogP contribution in [-0.4, -0.2) is 31.0 Å². The second-order valence-corrected chi connectivity index (χ2v) is 7.07. The predicted molar refractivity (Wildman–Crippen MR) is 112 cm³/mol. The third-order valence-electron chi connectivity index (χ3n) is 4.55. The fraction of sp³-hybridized carbons (Fsp3) is 0.556. The molecule has 0 atom stereocenters. The van der Waals surface area contributed by atoms with Gasteiger partial charge in [0.05, 0.1) is 20.6 Å². The van der Waals surface area contributed by atoms with Gasteiger partial charge in [0.15, 0.2) is 0 Å². The molecular weight excluding hydrogens is 377 g/mol. The van der Waals surface area contributed by atoms with Crippen molar-refractivity contribution in [3.8, 4) is 0 Å². The van der Waals surface area contributed by atoms with Gasteiger partial charge in [0, 0.05) is 13.0 Å². The van der Waals surface area contributed by atoms with E-state index in [9.17, 15) is 4.79 Å². The molecule has 7 heteroatoms. The summed E-state index contributed by atoms with van der Waals surface area (Å²) in [7, 11) is 1.93. The Bertz CT molecular complexity index is 611. The Balaban J connectivity index is 0.00000288. The van der Waals surface area contributed by atoms with E-state index in [2.05, 4.69) is 30.5 Å². The average Bonchev–Trinajstić information content (AvgIpc) is 2.98. The molecule has 142 valence electrons. The number of para-hydroxylation sites is 1. The lowest BCUT2D eigenvalue weighted by Crippen LogP contribution is -2.42. The second-order valence-electron chi connectivity index (χ2n) is 5.95. The standard InChI is InChI=1S/C18H27N3OS.2ClH/c1-4-18(5-2,17(22)20-12-8-11-19-3)13-16-21-14-9-6-7-10-15(14)23-16;;/h6-7,9-10,19H,4-5,8,11-13H2,1-3H3,(H,20,22);2*1H. The van der Waals surface area contributed by atoms with E-state index in [1.54, 1.807) is 11.3 Å². The number of carbonyl (C=O) groups excluding carboxylic acids is 1. The Hall–Kier alpha value is -0.880. The zero-order valence-electron chi connectivity index (χ0n) is 15.1. The summed E-state index contributed by atoms with van der Waals surface area (Å²) in [6, 6.07) is 8.17. The number of halogens is 2. The first-order valence-electron chi connectivity index (χ1n) is 8.42. The van der Waals surface area contributed by atoms with Crippen molar-refractivity contribution in [1.29, 1.82) is 0 Å². The van der Waals surface area contributed by atoms with Crippen molar-refractivity contribution in [3.05, 3.63) is 29.3 Å². The zero-order valence-corrected chi connectivity index (χ0v) is 17.6. The molecule has 0 fully saturated rings. The van der Waals surface area contributed by atoms with Gasteiger partial charge in [-0.3, -0.25) is 4.79 Å². The van der Waals surface area contributed by atoms with Crippen molar-refractivity contribution in [3.63, 3.8) is 0 Å². The van der Waals surface area contributed by atoms with Crippen LogP contribution in [0.15, 0.2) is 24.3 Å². The number of nitrogens with zero attached hydrogens (tertiary/aromatic N) is 1. The summed E-state index contributed by atoms with van der Waals surface area (Å²) in [6.45, 7) is 5.85. The van der Waals surface area contributed by atoms with E-state index in [0.29, 0.717) is 0 Å². The van der Waals surface area contributed by atoms with Crippen LogP contribution in [-0.2, 0) is 11.2 Å². The third-order valence-corrected chi connectivity index (χ3v) is 5.59. The van der Waals surface area contributed by atoms with Crippen LogP contribution in [0.25, 0.3) is 10.2 Å². The molecule has 0 bridgehead atoms. The molecular formula is C18H29Cl2N3OS. The minimum atomic E-state index is -0.354. The first kappa shape index (κ1) is 24.1. The van der Waals surface area contributed by atoms with E-state index in [1.807, 2.05) is 25.2 Å². The van der Waals surface area contributed by atoms with Crippen molar-refractivity contribution in [2.45, 2.75) is 39.5 Å². The van der Waals surface area contributed by atoms with E-state index in [1.165, 1.54) is 4.70 Å². The van der Waals surface area contributed by atoms with Crippen LogP contribution >= 0.6 is 36.2 Å². The summed E-state index contributed by atoms with van der Waals surface area (Å²) in [4.78, 5) is 17.5. The van der Waals surface area contributed by atoms with Crippen molar-refractivity contribution >= 4 is 52.3 Å². The fourth-order valence-corrected chi connectivity index (χ4v) is 3.95. The van der Waals surface area contributed by atoms with Crippen molar-refractivity contribution in [1.82, 2.24) is 15.6 Å². The normalized spacial score (nSPS) is 10.8. The lowest BCUT2D eigenvalue weighted by atomic mass is 9.78. The van der Waals surface area contributed by atoms with Gasteiger partial charge in [-0.15, -0.1) is 36.2 Å². The molecule has 2 rings (SSSR count). The number of aromatic nitrogens is 1. The van der Waals surface area contributed by atoms with Gasteiger partial charge in [0.2, 0.25) is 5.91 Å². The first-order valence-corrected chi connectivity index (χ1v) is 9.24. The highest BCUT2D eigenvalue weighted by Gasteiger charge is 2.35. The summed E-state index contributed by atoms with van der Waals surface area (Å²) in [5, 5.41) is 7.27. The van der Waals surface area contributed by atoms with Gasteiger partial charge in [-0.2, -0.15) is 0 Å². The quantitative estimate of drug-likeness (QED) is 0.614. The molecule has 0 aliphatic heterocycles. The summed E-state index contributed by atoms with van der Waals surface area (Å²) in [5.74, 6) is 0.165. The number of amides is 1. The molecule has 0 aliphatic carbocycles. The molecule has 0 aliphatic rings. The Morgan fingerprint density at radius 2 is 1.84 bits per heavy atom. The monoisotopic (exact) mass is 405 g/mol. The summed E-state index contributed by atoms with van der Waals surface area (Å²) >= 11 is 1.70. The average molecular weight is 406 g/mol. The van der Waals surface area contributed by atoms with Gasteiger partial charge in [-0.1, -0.05) is 26.0 Å².